The monoisotopic (exact) mass is 239 g/mol. The molecular formula is C12H11ClFNO. The molecule has 0 fully saturated rings. The van der Waals surface area contributed by atoms with Gasteiger partial charge in [-0.1, -0.05) is 11.6 Å². The van der Waals surface area contributed by atoms with Crippen LogP contribution in [0.1, 0.15) is 18.5 Å². The minimum atomic E-state index is -0.358. The van der Waals surface area contributed by atoms with Crippen molar-refractivity contribution in [3.63, 3.8) is 0 Å². The molecule has 0 saturated heterocycles. The van der Waals surface area contributed by atoms with Crippen molar-refractivity contribution in [1.29, 1.82) is 0 Å². The van der Waals surface area contributed by atoms with Gasteiger partial charge in [0, 0.05) is 10.6 Å². The smallest absolute Gasteiger partial charge is 0.147 e. The van der Waals surface area contributed by atoms with Crippen LogP contribution in [0.3, 0.4) is 0 Å². The molecule has 2 aromatic rings. The summed E-state index contributed by atoms with van der Waals surface area (Å²) in [5.74, 6) is -0.358. The van der Waals surface area contributed by atoms with Crippen molar-refractivity contribution in [3.8, 4) is 0 Å². The van der Waals surface area contributed by atoms with Crippen LogP contribution in [0.4, 0.5) is 10.1 Å². The molecule has 2 rings (SSSR count). The number of nitrogens with one attached hydrogen (secondary N) is 1. The topological polar surface area (TPSA) is 25.2 Å². The van der Waals surface area contributed by atoms with E-state index in [-0.39, 0.29) is 11.9 Å². The molecule has 0 saturated carbocycles. The predicted octanol–water partition coefficient (Wildman–Crippen LogP) is 4.25. The van der Waals surface area contributed by atoms with Gasteiger partial charge >= 0.3 is 0 Å². The molecule has 4 heteroatoms. The molecule has 0 amide bonds. The second-order valence-electron chi connectivity index (χ2n) is 3.55. The number of furan rings is 1. The van der Waals surface area contributed by atoms with Gasteiger partial charge in [-0.05, 0) is 31.2 Å². The first-order valence-electron chi connectivity index (χ1n) is 4.90. The molecule has 0 aliphatic carbocycles. The third-order valence-electron chi connectivity index (χ3n) is 2.35. The molecule has 1 N–H and O–H groups in total. The number of halogens is 2. The van der Waals surface area contributed by atoms with Crippen LogP contribution in [0.15, 0.2) is 41.2 Å². The van der Waals surface area contributed by atoms with Crippen molar-refractivity contribution >= 4 is 17.3 Å². The van der Waals surface area contributed by atoms with Gasteiger partial charge in [-0.2, -0.15) is 0 Å². The molecule has 0 aliphatic rings. The highest BCUT2D eigenvalue weighted by Gasteiger charge is 2.09. The van der Waals surface area contributed by atoms with Gasteiger partial charge in [-0.15, -0.1) is 0 Å². The van der Waals surface area contributed by atoms with Gasteiger partial charge in [0.1, 0.15) is 5.82 Å². The Kier molecular flexibility index (Phi) is 3.15. The zero-order chi connectivity index (χ0) is 11.5. The lowest BCUT2D eigenvalue weighted by Gasteiger charge is -2.14. The average molecular weight is 240 g/mol. The molecule has 0 aliphatic heterocycles. The lowest BCUT2D eigenvalue weighted by Crippen LogP contribution is -2.06. The van der Waals surface area contributed by atoms with Crippen LogP contribution in [-0.2, 0) is 0 Å². The Morgan fingerprint density at radius 3 is 2.81 bits per heavy atom. The maximum Gasteiger partial charge on any atom is 0.147 e. The number of hydrogen-bond donors (Lipinski definition) is 1. The summed E-state index contributed by atoms with van der Waals surface area (Å²) in [4.78, 5) is 0. The fourth-order valence-corrected chi connectivity index (χ4v) is 1.60. The molecule has 1 atom stereocenters. The van der Waals surface area contributed by atoms with Gasteiger partial charge in [0.15, 0.2) is 0 Å². The lowest BCUT2D eigenvalue weighted by atomic mass is 10.1. The SMILES string of the molecule is CC(Nc1ccc(Cl)cc1F)c1ccoc1. The number of hydrogen-bond acceptors (Lipinski definition) is 2. The van der Waals surface area contributed by atoms with E-state index in [4.69, 9.17) is 16.0 Å². The fraction of sp³-hybridized carbons (Fsp3) is 0.167. The van der Waals surface area contributed by atoms with Crippen molar-refractivity contribution in [2.75, 3.05) is 5.32 Å². The number of anilines is 1. The van der Waals surface area contributed by atoms with E-state index in [0.29, 0.717) is 10.7 Å². The summed E-state index contributed by atoms with van der Waals surface area (Å²) in [5.41, 5.74) is 1.40. The summed E-state index contributed by atoms with van der Waals surface area (Å²) in [7, 11) is 0. The first kappa shape index (κ1) is 11.0. The standard InChI is InChI=1S/C12H11ClFNO/c1-8(9-4-5-16-7-9)15-12-3-2-10(13)6-11(12)14/h2-8,15H,1H3. The largest absolute Gasteiger partial charge is 0.472 e. The highest BCUT2D eigenvalue weighted by atomic mass is 35.5. The van der Waals surface area contributed by atoms with Crippen LogP contribution < -0.4 is 5.32 Å². The van der Waals surface area contributed by atoms with E-state index in [1.165, 1.54) is 6.07 Å². The first-order valence-corrected chi connectivity index (χ1v) is 5.28. The van der Waals surface area contributed by atoms with Crippen molar-refractivity contribution in [2.45, 2.75) is 13.0 Å². The minimum Gasteiger partial charge on any atom is -0.472 e. The lowest BCUT2D eigenvalue weighted by molar-refractivity contribution is 0.562. The molecule has 84 valence electrons. The zero-order valence-corrected chi connectivity index (χ0v) is 9.46. The summed E-state index contributed by atoms with van der Waals surface area (Å²) in [5, 5.41) is 3.43. The maximum atomic E-state index is 13.5. The van der Waals surface area contributed by atoms with E-state index in [0.717, 1.165) is 5.56 Å². The predicted molar refractivity (Wildman–Crippen MR) is 62.2 cm³/mol. The number of benzene rings is 1. The van der Waals surface area contributed by atoms with Crippen LogP contribution in [0.25, 0.3) is 0 Å². The molecule has 16 heavy (non-hydrogen) atoms. The normalized spacial score (nSPS) is 12.4. The Morgan fingerprint density at radius 1 is 1.38 bits per heavy atom. The highest BCUT2D eigenvalue weighted by Crippen LogP contribution is 2.24. The van der Waals surface area contributed by atoms with Crippen molar-refractivity contribution in [2.24, 2.45) is 0 Å². The first-order chi connectivity index (χ1) is 7.66. The molecular weight excluding hydrogens is 229 g/mol. The molecule has 1 unspecified atom stereocenters. The Hall–Kier alpha value is -1.48. The van der Waals surface area contributed by atoms with Crippen LogP contribution >= 0.6 is 11.6 Å². The van der Waals surface area contributed by atoms with Gasteiger partial charge in [0.05, 0.1) is 24.3 Å². The highest BCUT2D eigenvalue weighted by molar-refractivity contribution is 6.30. The average Bonchev–Trinajstić information content (AvgIpc) is 2.75. The Morgan fingerprint density at radius 2 is 2.19 bits per heavy atom. The van der Waals surface area contributed by atoms with Gasteiger partial charge in [0.2, 0.25) is 0 Å². The third-order valence-corrected chi connectivity index (χ3v) is 2.58. The molecule has 0 radical (unpaired) electrons. The van der Waals surface area contributed by atoms with Crippen LogP contribution in [0.5, 0.6) is 0 Å². The van der Waals surface area contributed by atoms with Crippen LogP contribution in [-0.4, -0.2) is 0 Å². The van der Waals surface area contributed by atoms with E-state index in [1.54, 1.807) is 24.7 Å². The van der Waals surface area contributed by atoms with Gasteiger partial charge in [0.25, 0.3) is 0 Å². The summed E-state index contributed by atoms with van der Waals surface area (Å²) in [6, 6.07) is 6.37. The van der Waals surface area contributed by atoms with Crippen molar-refractivity contribution < 1.29 is 8.81 Å². The Bertz CT molecular complexity index is 470. The van der Waals surface area contributed by atoms with Crippen LogP contribution in [0.2, 0.25) is 5.02 Å². The quantitative estimate of drug-likeness (QED) is 0.867. The van der Waals surface area contributed by atoms with E-state index in [2.05, 4.69) is 5.32 Å². The molecule has 0 spiro atoms. The van der Waals surface area contributed by atoms with Gasteiger partial charge < -0.3 is 9.73 Å². The second-order valence-corrected chi connectivity index (χ2v) is 3.98. The second kappa shape index (κ2) is 4.58. The van der Waals surface area contributed by atoms with E-state index in [9.17, 15) is 4.39 Å². The Balaban J connectivity index is 2.15. The molecule has 2 nitrogen and oxygen atoms in total. The van der Waals surface area contributed by atoms with Gasteiger partial charge in [-0.3, -0.25) is 0 Å². The fourth-order valence-electron chi connectivity index (χ4n) is 1.44. The Labute approximate surface area is 98.0 Å². The van der Waals surface area contributed by atoms with Gasteiger partial charge in [-0.25, -0.2) is 4.39 Å². The van der Waals surface area contributed by atoms with E-state index >= 15 is 0 Å². The molecule has 1 aromatic carbocycles. The van der Waals surface area contributed by atoms with Crippen molar-refractivity contribution in [1.82, 2.24) is 0 Å². The van der Waals surface area contributed by atoms with E-state index < -0.39 is 0 Å². The molecule has 1 heterocycles. The van der Waals surface area contributed by atoms with Crippen molar-refractivity contribution in [3.05, 3.63) is 53.2 Å². The summed E-state index contributed by atoms with van der Waals surface area (Å²) < 4.78 is 18.4. The summed E-state index contributed by atoms with van der Waals surface area (Å²) in [6.07, 6.45) is 3.22. The maximum absolute atomic E-state index is 13.5. The van der Waals surface area contributed by atoms with Crippen LogP contribution in [0, 0.1) is 5.82 Å². The molecule has 1 aromatic heterocycles. The number of rotatable bonds is 3. The summed E-state index contributed by atoms with van der Waals surface area (Å²) >= 11 is 5.67. The van der Waals surface area contributed by atoms with E-state index in [1.807, 2.05) is 13.0 Å². The molecule has 0 bridgehead atoms. The third kappa shape index (κ3) is 2.36. The summed E-state index contributed by atoms with van der Waals surface area (Å²) in [6.45, 7) is 1.93. The minimum absolute atomic E-state index is 0.0191. The zero-order valence-electron chi connectivity index (χ0n) is 8.71.